The van der Waals surface area contributed by atoms with Gasteiger partial charge in [-0.05, 0) is 28.8 Å². The molecule has 0 aliphatic carbocycles. The summed E-state index contributed by atoms with van der Waals surface area (Å²) in [5.41, 5.74) is 3.15. The number of nitrogens with zero attached hydrogens (tertiary/aromatic N) is 6. The molecule has 0 saturated carbocycles. The molecule has 30 heavy (non-hydrogen) atoms. The molecular weight excluding hydrogens is 378 g/mol. The first-order valence-electron chi connectivity index (χ1n) is 9.91. The Balaban J connectivity index is 1.21. The summed E-state index contributed by atoms with van der Waals surface area (Å²) in [5.74, 6) is 0.603. The molecule has 0 saturated heterocycles. The SMILES string of the molecule is O=C(CCCn1nnc(-c2ccccc2)n1)NCc1cccc(Cn2cccn2)c1. The minimum Gasteiger partial charge on any atom is -0.352 e. The van der Waals surface area contributed by atoms with Crippen LogP contribution >= 0.6 is 0 Å². The molecule has 0 spiro atoms. The van der Waals surface area contributed by atoms with Crippen molar-refractivity contribution in [2.24, 2.45) is 0 Å². The summed E-state index contributed by atoms with van der Waals surface area (Å²) < 4.78 is 1.87. The second kappa shape index (κ2) is 9.60. The van der Waals surface area contributed by atoms with Crippen molar-refractivity contribution in [2.75, 3.05) is 0 Å². The highest BCUT2D eigenvalue weighted by Crippen LogP contribution is 2.12. The second-order valence-electron chi connectivity index (χ2n) is 6.98. The Kier molecular flexibility index (Phi) is 6.24. The van der Waals surface area contributed by atoms with Gasteiger partial charge < -0.3 is 5.32 Å². The maximum absolute atomic E-state index is 12.2. The van der Waals surface area contributed by atoms with Gasteiger partial charge in [-0.3, -0.25) is 9.48 Å². The summed E-state index contributed by atoms with van der Waals surface area (Å²) in [5, 5.41) is 19.7. The van der Waals surface area contributed by atoms with E-state index in [4.69, 9.17) is 0 Å². The van der Waals surface area contributed by atoms with Gasteiger partial charge in [-0.15, -0.1) is 10.2 Å². The van der Waals surface area contributed by atoms with Crippen LogP contribution in [0.25, 0.3) is 11.4 Å². The van der Waals surface area contributed by atoms with Gasteiger partial charge in [-0.2, -0.15) is 9.90 Å². The van der Waals surface area contributed by atoms with Crippen LogP contribution in [0.5, 0.6) is 0 Å². The zero-order valence-corrected chi connectivity index (χ0v) is 16.6. The molecule has 2 aromatic carbocycles. The van der Waals surface area contributed by atoms with Crippen LogP contribution in [0.2, 0.25) is 0 Å². The van der Waals surface area contributed by atoms with Crippen LogP contribution in [0.3, 0.4) is 0 Å². The number of hydrogen-bond acceptors (Lipinski definition) is 5. The number of tetrazole rings is 1. The molecule has 0 bridgehead atoms. The summed E-state index contributed by atoms with van der Waals surface area (Å²) in [7, 11) is 0. The van der Waals surface area contributed by atoms with Gasteiger partial charge in [-0.1, -0.05) is 54.6 Å². The number of carbonyl (C=O) groups excluding carboxylic acids is 1. The lowest BCUT2D eigenvalue weighted by atomic mass is 10.1. The predicted molar refractivity (Wildman–Crippen MR) is 112 cm³/mol. The van der Waals surface area contributed by atoms with Crippen molar-refractivity contribution in [1.82, 2.24) is 35.3 Å². The van der Waals surface area contributed by atoms with Crippen LogP contribution in [0, 0.1) is 0 Å². The topological polar surface area (TPSA) is 90.5 Å². The first-order chi connectivity index (χ1) is 14.8. The zero-order valence-electron chi connectivity index (χ0n) is 16.6. The maximum atomic E-state index is 12.2. The Labute approximate surface area is 174 Å². The molecule has 152 valence electrons. The van der Waals surface area contributed by atoms with Crippen molar-refractivity contribution in [1.29, 1.82) is 0 Å². The Hall–Kier alpha value is -3.81. The molecule has 1 N–H and O–H groups in total. The zero-order chi connectivity index (χ0) is 20.6. The highest BCUT2D eigenvalue weighted by molar-refractivity contribution is 5.75. The van der Waals surface area contributed by atoms with E-state index < -0.39 is 0 Å². The quantitative estimate of drug-likeness (QED) is 0.466. The predicted octanol–water partition coefficient (Wildman–Crippen LogP) is 2.68. The highest BCUT2D eigenvalue weighted by atomic mass is 16.1. The second-order valence-corrected chi connectivity index (χ2v) is 6.98. The van der Waals surface area contributed by atoms with Gasteiger partial charge in [0.1, 0.15) is 0 Å². The summed E-state index contributed by atoms with van der Waals surface area (Å²) in [6.45, 7) is 1.77. The van der Waals surface area contributed by atoms with Crippen molar-refractivity contribution in [3.8, 4) is 11.4 Å². The molecule has 8 nitrogen and oxygen atoms in total. The van der Waals surface area contributed by atoms with Crippen LogP contribution in [0.15, 0.2) is 73.1 Å². The van der Waals surface area contributed by atoms with Gasteiger partial charge in [0.25, 0.3) is 0 Å². The summed E-state index contributed by atoms with van der Waals surface area (Å²) >= 11 is 0. The largest absolute Gasteiger partial charge is 0.352 e. The molecule has 0 aliphatic heterocycles. The molecule has 2 heterocycles. The summed E-state index contributed by atoms with van der Waals surface area (Å²) in [6, 6.07) is 19.8. The van der Waals surface area contributed by atoms with E-state index in [9.17, 15) is 4.79 Å². The minimum atomic E-state index is 0.0101. The molecule has 2 aromatic heterocycles. The minimum absolute atomic E-state index is 0.0101. The third kappa shape index (κ3) is 5.38. The Morgan fingerprint density at radius 3 is 2.70 bits per heavy atom. The van der Waals surface area contributed by atoms with Crippen LogP contribution in [-0.2, 0) is 24.4 Å². The van der Waals surface area contributed by atoms with E-state index in [0.29, 0.717) is 38.3 Å². The third-order valence-corrected chi connectivity index (χ3v) is 4.63. The Morgan fingerprint density at radius 1 is 1.00 bits per heavy atom. The van der Waals surface area contributed by atoms with Gasteiger partial charge in [0.2, 0.25) is 11.7 Å². The number of hydrogen-bond donors (Lipinski definition) is 1. The molecule has 8 heteroatoms. The van der Waals surface area contributed by atoms with E-state index in [1.165, 1.54) is 4.80 Å². The number of aromatic nitrogens is 6. The average Bonchev–Trinajstić information content (AvgIpc) is 3.46. The fourth-order valence-corrected chi connectivity index (χ4v) is 3.13. The fourth-order valence-electron chi connectivity index (χ4n) is 3.13. The highest BCUT2D eigenvalue weighted by Gasteiger charge is 2.07. The molecule has 4 rings (SSSR count). The number of amides is 1. The fraction of sp³-hybridized carbons (Fsp3) is 0.227. The molecular formula is C22H23N7O. The van der Waals surface area contributed by atoms with E-state index >= 15 is 0 Å². The van der Waals surface area contributed by atoms with Crippen molar-refractivity contribution in [3.05, 3.63) is 84.2 Å². The van der Waals surface area contributed by atoms with Crippen LogP contribution in [-0.4, -0.2) is 35.9 Å². The molecule has 0 fully saturated rings. The number of rotatable bonds is 9. The van der Waals surface area contributed by atoms with Crippen molar-refractivity contribution in [2.45, 2.75) is 32.5 Å². The standard InChI is InChI=1S/C22H23N7O/c30-21(11-5-14-29-26-22(25-27-29)20-9-2-1-3-10-20)23-16-18-7-4-8-19(15-18)17-28-13-6-12-24-28/h1-4,6-10,12-13,15H,5,11,14,16-17H2,(H,23,30). The number of benzene rings is 2. The average molecular weight is 401 g/mol. The molecule has 4 aromatic rings. The molecule has 1 amide bonds. The third-order valence-electron chi connectivity index (χ3n) is 4.63. The smallest absolute Gasteiger partial charge is 0.220 e. The molecule has 0 atom stereocenters. The van der Waals surface area contributed by atoms with Crippen LogP contribution in [0.4, 0.5) is 0 Å². The first kappa shape index (κ1) is 19.5. The lowest BCUT2D eigenvalue weighted by Crippen LogP contribution is -2.23. The van der Waals surface area contributed by atoms with Crippen molar-refractivity contribution >= 4 is 5.91 Å². The maximum Gasteiger partial charge on any atom is 0.220 e. The summed E-state index contributed by atoms with van der Waals surface area (Å²) in [4.78, 5) is 13.7. The van der Waals surface area contributed by atoms with E-state index in [0.717, 1.165) is 16.7 Å². The van der Waals surface area contributed by atoms with Gasteiger partial charge in [0.15, 0.2) is 0 Å². The van der Waals surface area contributed by atoms with E-state index in [1.807, 2.05) is 59.4 Å². The van der Waals surface area contributed by atoms with Crippen molar-refractivity contribution in [3.63, 3.8) is 0 Å². The normalized spacial score (nSPS) is 10.8. The lowest BCUT2D eigenvalue weighted by molar-refractivity contribution is -0.121. The monoisotopic (exact) mass is 401 g/mol. The molecule has 0 unspecified atom stereocenters. The molecule has 0 radical (unpaired) electrons. The molecule has 0 aliphatic rings. The Bertz CT molecular complexity index is 1070. The number of carbonyl (C=O) groups is 1. The van der Waals surface area contributed by atoms with Crippen LogP contribution < -0.4 is 5.32 Å². The van der Waals surface area contributed by atoms with Gasteiger partial charge in [0.05, 0.1) is 13.1 Å². The van der Waals surface area contributed by atoms with E-state index in [-0.39, 0.29) is 5.91 Å². The first-order valence-corrected chi connectivity index (χ1v) is 9.91. The van der Waals surface area contributed by atoms with Crippen molar-refractivity contribution < 1.29 is 4.79 Å². The van der Waals surface area contributed by atoms with Gasteiger partial charge in [0, 0.05) is 30.9 Å². The van der Waals surface area contributed by atoms with Crippen LogP contribution in [0.1, 0.15) is 24.0 Å². The number of aryl methyl sites for hydroxylation is 1. The lowest BCUT2D eigenvalue weighted by Gasteiger charge is -2.08. The number of nitrogens with one attached hydrogen (secondary N) is 1. The van der Waals surface area contributed by atoms with Gasteiger partial charge in [-0.25, -0.2) is 0 Å². The Morgan fingerprint density at radius 2 is 1.87 bits per heavy atom. The van der Waals surface area contributed by atoms with E-state index in [1.54, 1.807) is 6.20 Å². The van der Waals surface area contributed by atoms with E-state index in [2.05, 4.69) is 38.0 Å². The van der Waals surface area contributed by atoms with Gasteiger partial charge >= 0.3 is 0 Å². The summed E-state index contributed by atoms with van der Waals surface area (Å²) in [6.07, 6.45) is 4.76.